The van der Waals surface area contributed by atoms with Gasteiger partial charge in [0.2, 0.25) is 0 Å². The van der Waals surface area contributed by atoms with E-state index in [1.165, 1.54) is 37.4 Å². The number of phenols is 1. The van der Waals surface area contributed by atoms with Crippen LogP contribution in [0, 0.1) is 11.8 Å². The molecule has 4 rings (SSSR count). The first-order valence-electron chi connectivity index (χ1n) is 10.2. The normalized spacial score (nSPS) is 10.0. The van der Waals surface area contributed by atoms with Gasteiger partial charge in [0.1, 0.15) is 11.6 Å². The van der Waals surface area contributed by atoms with Crippen molar-refractivity contribution in [2.45, 2.75) is 0 Å². The molecule has 1 amide bonds. The van der Waals surface area contributed by atoms with E-state index in [2.05, 4.69) is 27.1 Å². The summed E-state index contributed by atoms with van der Waals surface area (Å²) >= 11 is 0. The number of hydrogen-bond donors (Lipinski definition) is 2. The number of pyridine rings is 2. The van der Waals surface area contributed by atoms with Crippen molar-refractivity contribution >= 4 is 17.7 Å². The van der Waals surface area contributed by atoms with Gasteiger partial charge in [-0.25, -0.2) is 9.78 Å². The topological polar surface area (TPSA) is 101 Å². The van der Waals surface area contributed by atoms with Gasteiger partial charge in [-0.2, -0.15) is 0 Å². The van der Waals surface area contributed by atoms with Crippen LogP contribution in [0.25, 0.3) is 11.3 Å². The quantitative estimate of drug-likeness (QED) is 0.356. The number of aromatic nitrogens is 2. The Balaban J connectivity index is 1.62. The summed E-state index contributed by atoms with van der Waals surface area (Å²) in [7, 11) is 1.28. The number of carbonyl (C=O) groups excluding carboxylic acids is 2. The number of nitrogens with one attached hydrogen (secondary N) is 1. The molecular formula is C27H19N3O4. The second-order valence-electron chi connectivity index (χ2n) is 7.19. The zero-order valence-corrected chi connectivity index (χ0v) is 18.1. The molecule has 0 bridgehead atoms. The Hall–Kier alpha value is -4.96. The first kappa shape index (κ1) is 22.2. The number of rotatable bonds is 4. The second kappa shape index (κ2) is 10.1. The number of phenolic OH excluding ortho intramolecular Hbond substituents is 1. The zero-order valence-electron chi connectivity index (χ0n) is 18.1. The van der Waals surface area contributed by atoms with Crippen LogP contribution >= 0.6 is 0 Å². The Labute approximate surface area is 196 Å². The minimum atomic E-state index is -0.553. The van der Waals surface area contributed by atoms with Gasteiger partial charge in [0.15, 0.2) is 0 Å². The van der Waals surface area contributed by atoms with Crippen molar-refractivity contribution in [3.05, 3.63) is 107 Å². The summed E-state index contributed by atoms with van der Waals surface area (Å²) in [4.78, 5) is 33.3. The number of carbonyl (C=O) groups is 2. The maximum absolute atomic E-state index is 12.6. The van der Waals surface area contributed by atoms with Gasteiger partial charge in [0.25, 0.3) is 5.91 Å². The fourth-order valence-electron chi connectivity index (χ4n) is 3.08. The predicted molar refractivity (Wildman–Crippen MR) is 127 cm³/mol. The molecule has 0 atom stereocenters. The maximum Gasteiger partial charge on any atom is 0.338 e. The molecule has 0 saturated carbocycles. The van der Waals surface area contributed by atoms with E-state index in [0.717, 1.165) is 16.7 Å². The molecule has 0 aliphatic rings. The molecule has 0 fully saturated rings. The summed E-state index contributed by atoms with van der Waals surface area (Å²) < 4.78 is 4.85. The predicted octanol–water partition coefficient (Wildman–Crippen LogP) is 4.29. The van der Waals surface area contributed by atoms with Crippen LogP contribution in [0.4, 0.5) is 5.82 Å². The molecule has 0 spiro atoms. The van der Waals surface area contributed by atoms with E-state index < -0.39 is 11.9 Å². The largest absolute Gasteiger partial charge is 0.508 e. The molecule has 2 N–H and O–H groups in total. The molecule has 166 valence electrons. The van der Waals surface area contributed by atoms with Gasteiger partial charge < -0.3 is 15.2 Å². The molecular weight excluding hydrogens is 430 g/mol. The molecule has 0 aliphatic carbocycles. The molecule has 7 nitrogen and oxygen atoms in total. The van der Waals surface area contributed by atoms with Gasteiger partial charge in [-0.3, -0.25) is 9.78 Å². The van der Waals surface area contributed by atoms with Gasteiger partial charge in [0.05, 0.1) is 18.4 Å². The average molecular weight is 449 g/mol. The molecule has 2 aromatic heterocycles. The van der Waals surface area contributed by atoms with E-state index in [0.29, 0.717) is 11.3 Å². The van der Waals surface area contributed by atoms with E-state index in [1.807, 2.05) is 36.4 Å². The van der Waals surface area contributed by atoms with Gasteiger partial charge in [-0.05, 0) is 60.7 Å². The van der Waals surface area contributed by atoms with Crippen molar-refractivity contribution in [2.24, 2.45) is 0 Å². The number of anilines is 1. The number of benzene rings is 2. The number of aromatic hydroxyl groups is 1. The van der Waals surface area contributed by atoms with Crippen LogP contribution in [0.5, 0.6) is 5.75 Å². The summed E-state index contributed by atoms with van der Waals surface area (Å²) in [5.41, 5.74) is 3.41. The van der Waals surface area contributed by atoms with E-state index in [1.54, 1.807) is 18.5 Å². The van der Waals surface area contributed by atoms with Crippen molar-refractivity contribution in [3.8, 4) is 28.8 Å². The number of amides is 1. The summed E-state index contributed by atoms with van der Waals surface area (Å²) in [6, 6.07) is 19.9. The standard InChI is InChI=1S/C27H19N3O4/c1-34-27(33)22-15-24(29-25(16-22)30-26(32)21-10-12-23(31)13-11-21)20-8-6-18(7-9-20)4-5-19-3-2-14-28-17-19/h2-3,6-17,31H,1H3,(H,29,30,32). The number of ether oxygens (including phenoxy) is 1. The molecule has 0 radical (unpaired) electrons. The SMILES string of the molecule is COC(=O)c1cc(NC(=O)c2ccc(O)cc2)nc(-c2ccc(C#Cc3cccnc3)cc2)c1. The molecule has 7 heteroatoms. The number of nitrogens with zero attached hydrogens (tertiary/aromatic N) is 2. The third kappa shape index (κ3) is 5.44. The van der Waals surface area contributed by atoms with Gasteiger partial charge >= 0.3 is 5.97 Å². The lowest BCUT2D eigenvalue weighted by Gasteiger charge is -2.10. The van der Waals surface area contributed by atoms with Crippen LogP contribution in [0.3, 0.4) is 0 Å². The van der Waals surface area contributed by atoms with Crippen molar-refractivity contribution in [1.82, 2.24) is 9.97 Å². The lowest BCUT2D eigenvalue weighted by Crippen LogP contribution is -2.14. The molecule has 34 heavy (non-hydrogen) atoms. The van der Waals surface area contributed by atoms with Crippen LogP contribution < -0.4 is 5.32 Å². The minimum absolute atomic E-state index is 0.0539. The fraction of sp³-hybridized carbons (Fsp3) is 0.0370. The highest BCUT2D eigenvalue weighted by Crippen LogP contribution is 2.23. The van der Waals surface area contributed by atoms with Crippen molar-refractivity contribution in [2.75, 3.05) is 12.4 Å². The summed E-state index contributed by atoms with van der Waals surface area (Å²) in [5, 5.41) is 12.1. The Morgan fingerprint density at radius 1 is 0.912 bits per heavy atom. The van der Waals surface area contributed by atoms with E-state index in [9.17, 15) is 14.7 Å². The third-order valence-electron chi connectivity index (χ3n) is 4.81. The van der Waals surface area contributed by atoms with Crippen molar-refractivity contribution in [3.63, 3.8) is 0 Å². The van der Waals surface area contributed by atoms with E-state index >= 15 is 0 Å². The number of esters is 1. The van der Waals surface area contributed by atoms with Crippen molar-refractivity contribution < 1.29 is 19.4 Å². The Kier molecular flexibility index (Phi) is 6.61. The average Bonchev–Trinajstić information content (AvgIpc) is 2.88. The van der Waals surface area contributed by atoms with E-state index in [-0.39, 0.29) is 17.1 Å². The van der Waals surface area contributed by atoms with E-state index in [4.69, 9.17) is 4.74 Å². The highest BCUT2D eigenvalue weighted by atomic mass is 16.5. The van der Waals surface area contributed by atoms with Gasteiger partial charge in [-0.15, -0.1) is 0 Å². The van der Waals surface area contributed by atoms with Crippen LogP contribution in [-0.2, 0) is 4.74 Å². The molecule has 0 aliphatic heterocycles. The van der Waals surface area contributed by atoms with Crippen LogP contribution in [0.1, 0.15) is 31.8 Å². The van der Waals surface area contributed by atoms with Gasteiger partial charge in [-0.1, -0.05) is 24.0 Å². The zero-order chi connectivity index (χ0) is 23.9. The maximum atomic E-state index is 12.6. The summed E-state index contributed by atoms with van der Waals surface area (Å²) in [6.07, 6.45) is 3.38. The lowest BCUT2D eigenvalue weighted by atomic mass is 10.1. The monoisotopic (exact) mass is 449 g/mol. The number of hydrogen-bond acceptors (Lipinski definition) is 6. The molecule has 0 unspecified atom stereocenters. The van der Waals surface area contributed by atoms with Crippen LogP contribution in [0.15, 0.2) is 85.2 Å². The third-order valence-corrected chi connectivity index (χ3v) is 4.81. The minimum Gasteiger partial charge on any atom is -0.508 e. The number of methoxy groups -OCH3 is 1. The smallest absolute Gasteiger partial charge is 0.338 e. The van der Waals surface area contributed by atoms with Crippen molar-refractivity contribution in [1.29, 1.82) is 0 Å². The second-order valence-corrected chi connectivity index (χ2v) is 7.19. The molecule has 4 aromatic rings. The lowest BCUT2D eigenvalue weighted by molar-refractivity contribution is 0.0600. The highest BCUT2D eigenvalue weighted by Gasteiger charge is 2.14. The highest BCUT2D eigenvalue weighted by molar-refractivity contribution is 6.04. The Bertz CT molecular complexity index is 1390. The fourth-order valence-corrected chi connectivity index (χ4v) is 3.08. The first-order valence-corrected chi connectivity index (χ1v) is 10.2. The van der Waals surface area contributed by atoms with Gasteiger partial charge in [0, 0.05) is 34.6 Å². The summed E-state index contributed by atoms with van der Waals surface area (Å²) in [5.74, 6) is 5.39. The Morgan fingerprint density at radius 3 is 2.32 bits per heavy atom. The molecule has 2 aromatic carbocycles. The first-order chi connectivity index (χ1) is 16.5. The molecule has 2 heterocycles. The summed E-state index contributed by atoms with van der Waals surface area (Å²) in [6.45, 7) is 0. The Morgan fingerprint density at radius 2 is 1.65 bits per heavy atom. The molecule has 0 saturated heterocycles. The van der Waals surface area contributed by atoms with Crippen LogP contribution in [-0.4, -0.2) is 34.1 Å². The van der Waals surface area contributed by atoms with Crippen LogP contribution in [0.2, 0.25) is 0 Å².